The Labute approximate surface area is 281 Å². The average molecular weight is 647 g/mol. The molecular weight excluding hydrogens is 606 g/mol. The summed E-state index contributed by atoms with van der Waals surface area (Å²) in [6.45, 7) is 9.28. The smallest absolute Gasteiger partial charge is 0.258 e. The molecule has 3 heterocycles. The summed E-state index contributed by atoms with van der Waals surface area (Å²) in [6, 6.07) is 18.5. The number of rotatable bonds is 7. The number of amides is 1. The Kier molecular flexibility index (Phi) is 10.9. The molecule has 2 aliphatic heterocycles. The van der Waals surface area contributed by atoms with Crippen LogP contribution in [0.3, 0.4) is 0 Å². The summed E-state index contributed by atoms with van der Waals surface area (Å²) in [7, 11) is 4.11. The quantitative estimate of drug-likeness (QED) is 0.196. The number of allylic oxidation sites excluding steroid dienone is 5. The van der Waals surface area contributed by atoms with Crippen molar-refractivity contribution in [2.75, 3.05) is 31.3 Å². The van der Waals surface area contributed by atoms with E-state index in [9.17, 15) is 13.6 Å². The maximum Gasteiger partial charge on any atom is 0.258 e. The van der Waals surface area contributed by atoms with E-state index in [2.05, 4.69) is 59.3 Å². The lowest BCUT2D eigenvalue weighted by atomic mass is 9.88. The number of nitrogens with one attached hydrogen (secondary N) is 2. The Bertz CT molecular complexity index is 1900. The van der Waals surface area contributed by atoms with Gasteiger partial charge in [0.25, 0.3) is 5.91 Å². The summed E-state index contributed by atoms with van der Waals surface area (Å²) < 4.78 is 28.0. The number of benzene rings is 3. The minimum atomic E-state index is -0.790. The Hall–Kier alpha value is -5.41. The van der Waals surface area contributed by atoms with Gasteiger partial charge in [-0.3, -0.25) is 4.79 Å². The summed E-state index contributed by atoms with van der Waals surface area (Å²) in [5, 5.41) is 6.11. The van der Waals surface area contributed by atoms with E-state index >= 15 is 0 Å². The van der Waals surface area contributed by atoms with E-state index in [1.54, 1.807) is 18.3 Å². The van der Waals surface area contributed by atoms with Gasteiger partial charge in [-0.2, -0.15) is 0 Å². The zero-order chi connectivity index (χ0) is 34.2. The SMILES string of the molecule is C=CC.CC(/C(=C1/C=CC=CN1C)c1ccnc(Nc2ccc3c(c2)CN(C)CC3)n1)c1cccc(NC(=O)c2cc(F)ccc2F)c1. The predicted molar refractivity (Wildman–Crippen MR) is 190 cm³/mol. The first-order valence-corrected chi connectivity index (χ1v) is 15.8. The van der Waals surface area contributed by atoms with Crippen LogP contribution in [0, 0.1) is 11.6 Å². The summed E-state index contributed by atoms with van der Waals surface area (Å²) in [5.74, 6) is -1.89. The number of halogens is 2. The number of hydrogen-bond donors (Lipinski definition) is 2. The minimum Gasteiger partial charge on any atom is -0.351 e. The molecule has 1 atom stereocenters. The Morgan fingerprint density at radius 3 is 2.60 bits per heavy atom. The molecule has 48 heavy (non-hydrogen) atoms. The second-order valence-electron chi connectivity index (χ2n) is 11.8. The highest BCUT2D eigenvalue weighted by Crippen LogP contribution is 2.37. The summed E-state index contributed by atoms with van der Waals surface area (Å²) in [4.78, 5) is 26.7. The summed E-state index contributed by atoms with van der Waals surface area (Å²) in [6.07, 6.45) is 12.5. The Balaban J connectivity index is 0.00000145. The minimum absolute atomic E-state index is 0.177. The van der Waals surface area contributed by atoms with E-state index in [0.717, 1.165) is 65.9 Å². The van der Waals surface area contributed by atoms with Crippen molar-refractivity contribution in [1.82, 2.24) is 19.8 Å². The average Bonchev–Trinajstić information content (AvgIpc) is 3.07. The molecule has 2 aliphatic rings. The molecule has 1 aromatic heterocycles. The number of nitrogens with zero attached hydrogens (tertiary/aromatic N) is 4. The van der Waals surface area contributed by atoms with Crippen LogP contribution in [0.2, 0.25) is 0 Å². The van der Waals surface area contributed by atoms with Crippen LogP contribution in [0.25, 0.3) is 5.57 Å². The van der Waals surface area contributed by atoms with E-state index < -0.39 is 17.5 Å². The Morgan fingerprint density at radius 2 is 1.81 bits per heavy atom. The van der Waals surface area contributed by atoms with Crippen molar-refractivity contribution in [3.63, 3.8) is 0 Å². The molecule has 0 radical (unpaired) electrons. The molecule has 9 heteroatoms. The van der Waals surface area contributed by atoms with Crippen molar-refractivity contribution in [2.45, 2.75) is 32.7 Å². The standard InChI is InChI=1S/C36H34F2N6O.C3H6/c1-23(25-7-6-8-28(19-25)40-35(45)30-21-27(37)11-13-31(30)38)34(33-9-4-5-17-44(33)3)32-14-16-39-36(42-32)41-29-12-10-24-15-18-43(2)22-26(24)20-29;1-3-2/h4-14,16-17,19-21,23H,15,18,22H2,1-3H3,(H,40,45)(H,39,41,42);3H,1H2,2H3/b34-33+;. The molecule has 0 bridgehead atoms. The van der Waals surface area contributed by atoms with Crippen LogP contribution in [0.1, 0.15) is 52.5 Å². The summed E-state index contributed by atoms with van der Waals surface area (Å²) >= 11 is 0. The molecule has 4 aromatic rings. The number of fused-ring (bicyclic) bond motifs is 1. The fourth-order valence-electron chi connectivity index (χ4n) is 5.77. The van der Waals surface area contributed by atoms with Gasteiger partial charge in [-0.15, -0.1) is 6.58 Å². The van der Waals surface area contributed by atoms with Crippen LogP contribution in [0.5, 0.6) is 0 Å². The second-order valence-corrected chi connectivity index (χ2v) is 11.8. The van der Waals surface area contributed by atoms with Gasteiger partial charge in [0.1, 0.15) is 11.6 Å². The van der Waals surface area contributed by atoms with Crippen molar-refractivity contribution in [3.8, 4) is 0 Å². The van der Waals surface area contributed by atoms with Gasteiger partial charge in [0.2, 0.25) is 5.95 Å². The van der Waals surface area contributed by atoms with Crippen molar-refractivity contribution < 1.29 is 13.6 Å². The third-order valence-corrected chi connectivity index (χ3v) is 8.18. The molecule has 2 N–H and O–H groups in total. The first-order valence-electron chi connectivity index (χ1n) is 15.8. The van der Waals surface area contributed by atoms with Gasteiger partial charge in [-0.05, 0) is 97.8 Å². The number of likely N-dealkylation sites (N-methyl/N-ethyl adjacent to an activating group) is 2. The van der Waals surface area contributed by atoms with Crippen molar-refractivity contribution in [2.24, 2.45) is 0 Å². The molecule has 7 nitrogen and oxygen atoms in total. The highest BCUT2D eigenvalue weighted by molar-refractivity contribution is 6.04. The van der Waals surface area contributed by atoms with Gasteiger partial charge >= 0.3 is 0 Å². The lowest BCUT2D eigenvalue weighted by Crippen LogP contribution is -2.26. The van der Waals surface area contributed by atoms with Crippen LogP contribution in [0.15, 0.2) is 116 Å². The van der Waals surface area contributed by atoms with Gasteiger partial charge in [0, 0.05) is 61.1 Å². The predicted octanol–water partition coefficient (Wildman–Crippen LogP) is 8.46. The molecule has 3 aromatic carbocycles. The van der Waals surface area contributed by atoms with Crippen LogP contribution in [0.4, 0.5) is 26.1 Å². The van der Waals surface area contributed by atoms with Crippen molar-refractivity contribution in [1.29, 1.82) is 0 Å². The molecule has 1 amide bonds. The second kappa shape index (κ2) is 15.5. The maximum absolute atomic E-state index is 14.3. The molecule has 0 saturated carbocycles. The largest absolute Gasteiger partial charge is 0.351 e. The van der Waals surface area contributed by atoms with E-state index in [-0.39, 0.29) is 11.5 Å². The Morgan fingerprint density at radius 1 is 1.00 bits per heavy atom. The number of hydrogen-bond acceptors (Lipinski definition) is 6. The zero-order valence-corrected chi connectivity index (χ0v) is 27.7. The van der Waals surface area contributed by atoms with Gasteiger partial charge in [-0.1, -0.05) is 37.3 Å². The topological polar surface area (TPSA) is 73.4 Å². The first-order chi connectivity index (χ1) is 23.2. The van der Waals surface area contributed by atoms with E-state index in [1.165, 1.54) is 11.1 Å². The monoisotopic (exact) mass is 646 g/mol. The number of aromatic nitrogens is 2. The fourth-order valence-corrected chi connectivity index (χ4v) is 5.77. The molecule has 246 valence electrons. The van der Waals surface area contributed by atoms with Crippen molar-refractivity contribution >= 4 is 28.8 Å². The first kappa shape index (κ1) is 33.9. The normalized spacial score (nSPS) is 15.5. The number of carbonyl (C=O) groups is 1. The fraction of sp³-hybridized carbons (Fsp3) is 0.205. The molecule has 6 rings (SSSR count). The number of carbonyl (C=O) groups excluding carboxylic acids is 1. The lowest BCUT2D eigenvalue weighted by Gasteiger charge is -2.27. The molecule has 0 saturated heterocycles. The van der Waals surface area contributed by atoms with E-state index in [1.807, 2.05) is 67.6 Å². The van der Waals surface area contributed by atoms with E-state index in [4.69, 9.17) is 4.98 Å². The van der Waals surface area contributed by atoms with Crippen LogP contribution in [-0.4, -0.2) is 46.3 Å². The van der Waals surface area contributed by atoms with Gasteiger partial charge in [0.05, 0.1) is 11.3 Å². The molecule has 0 aliphatic carbocycles. The summed E-state index contributed by atoms with van der Waals surface area (Å²) in [5.41, 5.74) is 7.27. The third kappa shape index (κ3) is 8.11. The van der Waals surface area contributed by atoms with Gasteiger partial charge in [-0.25, -0.2) is 18.7 Å². The van der Waals surface area contributed by atoms with Gasteiger partial charge in [0.15, 0.2) is 0 Å². The molecule has 0 spiro atoms. The van der Waals surface area contributed by atoms with Gasteiger partial charge < -0.3 is 20.4 Å². The molecule has 1 unspecified atom stereocenters. The van der Waals surface area contributed by atoms with Crippen molar-refractivity contribution in [3.05, 3.63) is 155 Å². The molecule has 0 fully saturated rings. The lowest BCUT2D eigenvalue weighted by molar-refractivity contribution is 0.102. The highest BCUT2D eigenvalue weighted by atomic mass is 19.1. The maximum atomic E-state index is 14.3. The van der Waals surface area contributed by atoms with Crippen LogP contribution in [-0.2, 0) is 13.0 Å². The van der Waals surface area contributed by atoms with Crippen LogP contribution < -0.4 is 10.6 Å². The number of anilines is 3. The van der Waals surface area contributed by atoms with Crippen LogP contribution >= 0.6 is 0 Å². The molecular formula is C39H40F2N6O. The zero-order valence-electron chi connectivity index (χ0n) is 27.7. The third-order valence-electron chi connectivity index (χ3n) is 8.18. The highest BCUT2D eigenvalue weighted by Gasteiger charge is 2.23. The van der Waals surface area contributed by atoms with E-state index in [0.29, 0.717) is 11.6 Å².